The van der Waals surface area contributed by atoms with Gasteiger partial charge in [-0.3, -0.25) is 0 Å². The molecule has 0 heterocycles. The van der Waals surface area contributed by atoms with Crippen molar-refractivity contribution >= 4 is 0 Å². The molecule has 0 nitrogen and oxygen atoms in total. The molecule has 0 atom stereocenters. The van der Waals surface area contributed by atoms with Crippen molar-refractivity contribution in [1.29, 1.82) is 0 Å². The molecule has 0 spiro atoms. The summed E-state index contributed by atoms with van der Waals surface area (Å²) in [6.45, 7) is 3.85. The van der Waals surface area contributed by atoms with Crippen molar-refractivity contribution in [3.05, 3.63) is 72.4 Å². The third-order valence-corrected chi connectivity index (χ3v) is 3.89. The minimum absolute atomic E-state index is 0.749. The van der Waals surface area contributed by atoms with Crippen LogP contribution < -0.4 is 0 Å². The fourth-order valence-electron chi connectivity index (χ4n) is 2.84. The van der Waals surface area contributed by atoms with Gasteiger partial charge < -0.3 is 0 Å². The van der Waals surface area contributed by atoms with Gasteiger partial charge in [-0.15, -0.1) is 0 Å². The van der Waals surface area contributed by atoms with Gasteiger partial charge >= 0.3 is 0 Å². The normalized spacial score (nSPS) is 17.8. The summed E-state index contributed by atoms with van der Waals surface area (Å²) < 4.78 is 0. The Morgan fingerprint density at radius 3 is 2.53 bits per heavy atom. The Labute approximate surface area is 117 Å². The third-order valence-electron chi connectivity index (χ3n) is 3.89. The van der Waals surface area contributed by atoms with Crippen LogP contribution in [-0.2, 0) is 6.42 Å². The lowest BCUT2D eigenvalue weighted by Gasteiger charge is -2.22. The summed E-state index contributed by atoms with van der Waals surface area (Å²) in [6.07, 6.45) is 16.6. The quantitative estimate of drug-likeness (QED) is 0.609. The van der Waals surface area contributed by atoms with Crippen LogP contribution >= 0.6 is 0 Å². The number of hydrogen-bond acceptors (Lipinski definition) is 0. The van der Waals surface area contributed by atoms with E-state index in [1.165, 1.54) is 43.2 Å². The number of hydrogen-bond donors (Lipinski definition) is 0. The molecule has 19 heavy (non-hydrogen) atoms. The van der Waals surface area contributed by atoms with Crippen LogP contribution in [0.5, 0.6) is 0 Å². The minimum atomic E-state index is 0.749. The standard InChI is InChI=1S/C19H24/c1-2-10-18(19-14-7-4-8-15-19)16-9-13-17-11-5-3-6-12-17/h2-3,5-6,9-12,16,19H,1,4,7-8,13-15H2/b16-9-,18-10+. The smallest absolute Gasteiger partial charge is 0.00942 e. The summed E-state index contributed by atoms with van der Waals surface area (Å²) in [5, 5.41) is 0. The van der Waals surface area contributed by atoms with Gasteiger partial charge in [0, 0.05) is 0 Å². The van der Waals surface area contributed by atoms with Crippen molar-refractivity contribution in [3.63, 3.8) is 0 Å². The Bertz CT molecular complexity index is 430. The second kappa shape index (κ2) is 7.78. The summed E-state index contributed by atoms with van der Waals surface area (Å²) in [5.74, 6) is 0.749. The highest BCUT2D eigenvalue weighted by Gasteiger charge is 2.15. The van der Waals surface area contributed by atoms with Gasteiger partial charge in [-0.2, -0.15) is 0 Å². The molecule has 0 aliphatic heterocycles. The fraction of sp³-hybridized carbons (Fsp3) is 0.368. The Kier molecular flexibility index (Phi) is 5.68. The number of allylic oxidation sites excluding steroid dienone is 5. The molecule has 0 aromatic heterocycles. The largest absolute Gasteiger partial charge is 0.0991 e. The Balaban J connectivity index is 1.96. The summed E-state index contributed by atoms with van der Waals surface area (Å²) in [7, 11) is 0. The zero-order valence-corrected chi connectivity index (χ0v) is 11.7. The van der Waals surface area contributed by atoms with Crippen molar-refractivity contribution in [2.24, 2.45) is 5.92 Å². The summed E-state index contributed by atoms with van der Waals surface area (Å²) in [6, 6.07) is 10.6. The van der Waals surface area contributed by atoms with E-state index in [1.807, 2.05) is 6.08 Å². The Morgan fingerprint density at radius 1 is 1.11 bits per heavy atom. The molecule has 100 valence electrons. The molecule has 1 aliphatic carbocycles. The topological polar surface area (TPSA) is 0 Å². The lowest BCUT2D eigenvalue weighted by Crippen LogP contribution is -2.07. The molecule has 0 radical (unpaired) electrons. The van der Waals surface area contributed by atoms with Crippen molar-refractivity contribution in [1.82, 2.24) is 0 Å². The molecular weight excluding hydrogens is 228 g/mol. The van der Waals surface area contributed by atoms with Gasteiger partial charge in [0.15, 0.2) is 0 Å². The molecule has 1 aromatic carbocycles. The minimum Gasteiger partial charge on any atom is -0.0991 e. The maximum atomic E-state index is 3.85. The fourth-order valence-corrected chi connectivity index (χ4v) is 2.84. The SMILES string of the molecule is C=C/C=C(\C=C/Cc1ccccc1)C1CCCCC1. The first-order valence-corrected chi connectivity index (χ1v) is 7.43. The first kappa shape index (κ1) is 13.9. The highest BCUT2D eigenvalue weighted by molar-refractivity contribution is 5.28. The number of rotatable bonds is 5. The van der Waals surface area contributed by atoms with E-state index >= 15 is 0 Å². The monoisotopic (exact) mass is 252 g/mol. The second-order valence-corrected chi connectivity index (χ2v) is 5.33. The molecule has 2 rings (SSSR count). The summed E-state index contributed by atoms with van der Waals surface area (Å²) in [4.78, 5) is 0. The molecule has 0 amide bonds. The molecule has 0 N–H and O–H groups in total. The van der Waals surface area contributed by atoms with Crippen molar-refractivity contribution in [2.75, 3.05) is 0 Å². The van der Waals surface area contributed by atoms with Crippen LogP contribution in [0.2, 0.25) is 0 Å². The van der Waals surface area contributed by atoms with Crippen molar-refractivity contribution in [2.45, 2.75) is 38.5 Å². The van der Waals surface area contributed by atoms with E-state index in [9.17, 15) is 0 Å². The van der Waals surface area contributed by atoms with Gasteiger partial charge in [0.05, 0.1) is 0 Å². The van der Waals surface area contributed by atoms with Gasteiger partial charge in [0.1, 0.15) is 0 Å². The molecule has 0 unspecified atom stereocenters. The van der Waals surface area contributed by atoms with Gasteiger partial charge in [-0.25, -0.2) is 0 Å². The van der Waals surface area contributed by atoms with Crippen LogP contribution in [0.15, 0.2) is 66.8 Å². The first-order valence-electron chi connectivity index (χ1n) is 7.43. The lowest BCUT2D eigenvalue weighted by molar-refractivity contribution is 0.408. The highest BCUT2D eigenvalue weighted by Crippen LogP contribution is 2.30. The maximum absolute atomic E-state index is 3.85. The summed E-state index contributed by atoms with van der Waals surface area (Å²) in [5.41, 5.74) is 2.84. The number of benzene rings is 1. The summed E-state index contributed by atoms with van der Waals surface area (Å²) >= 11 is 0. The van der Waals surface area contributed by atoms with Crippen molar-refractivity contribution in [3.8, 4) is 0 Å². The van der Waals surface area contributed by atoms with Crippen LogP contribution in [0.1, 0.15) is 37.7 Å². The van der Waals surface area contributed by atoms with Crippen molar-refractivity contribution < 1.29 is 0 Å². The van der Waals surface area contributed by atoms with Crippen LogP contribution in [-0.4, -0.2) is 0 Å². The van der Waals surface area contributed by atoms with E-state index in [2.05, 4.69) is 55.1 Å². The zero-order chi connectivity index (χ0) is 13.3. The van der Waals surface area contributed by atoms with E-state index in [4.69, 9.17) is 0 Å². The average molecular weight is 252 g/mol. The lowest BCUT2D eigenvalue weighted by atomic mass is 9.83. The van der Waals surface area contributed by atoms with Crippen LogP contribution in [0.25, 0.3) is 0 Å². The zero-order valence-electron chi connectivity index (χ0n) is 11.7. The molecule has 1 fully saturated rings. The highest BCUT2D eigenvalue weighted by atomic mass is 14.2. The van der Waals surface area contributed by atoms with Gasteiger partial charge in [0.25, 0.3) is 0 Å². The molecular formula is C19H24. The predicted molar refractivity (Wildman–Crippen MR) is 84.1 cm³/mol. The molecule has 0 bridgehead atoms. The van der Waals surface area contributed by atoms with E-state index in [0.29, 0.717) is 0 Å². The van der Waals surface area contributed by atoms with E-state index in [-0.39, 0.29) is 0 Å². The molecule has 0 saturated heterocycles. The van der Waals surface area contributed by atoms with E-state index in [0.717, 1.165) is 12.3 Å². The Hall–Kier alpha value is -1.56. The third kappa shape index (κ3) is 4.55. The van der Waals surface area contributed by atoms with Crippen LogP contribution in [0, 0.1) is 5.92 Å². The van der Waals surface area contributed by atoms with Crippen LogP contribution in [0.3, 0.4) is 0 Å². The van der Waals surface area contributed by atoms with E-state index < -0.39 is 0 Å². The Morgan fingerprint density at radius 2 is 1.84 bits per heavy atom. The van der Waals surface area contributed by atoms with Crippen LogP contribution in [0.4, 0.5) is 0 Å². The van der Waals surface area contributed by atoms with E-state index in [1.54, 1.807) is 0 Å². The molecule has 1 aliphatic rings. The molecule has 1 aromatic rings. The molecule has 0 heteroatoms. The van der Waals surface area contributed by atoms with Gasteiger partial charge in [-0.05, 0) is 36.3 Å². The predicted octanol–water partition coefficient (Wildman–Crippen LogP) is 5.48. The molecule has 1 saturated carbocycles. The second-order valence-electron chi connectivity index (χ2n) is 5.33. The van der Waals surface area contributed by atoms with Gasteiger partial charge in [-0.1, -0.05) is 80.5 Å². The maximum Gasteiger partial charge on any atom is -0.00942 e. The first-order chi connectivity index (χ1) is 9.40. The average Bonchev–Trinajstić information content (AvgIpc) is 2.48. The van der Waals surface area contributed by atoms with Gasteiger partial charge in [0.2, 0.25) is 0 Å².